The zero-order valence-electron chi connectivity index (χ0n) is 4.29. The van der Waals surface area contributed by atoms with Crippen molar-refractivity contribution in [2.75, 3.05) is 0 Å². The molecule has 0 aliphatic rings. The highest BCUT2D eigenvalue weighted by molar-refractivity contribution is 6.28. The van der Waals surface area contributed by atoms with Crippen molar-refractivity contribution in [3.63, 3.8) is 0 Å². The number of nitrogens with one attached hydrogen (secondary N) is 1. The summed E-state index contributed by atoms with van der Waals surface area (Å²) in [4.78, 5) is 0. The molecule has 1 nitrogen and oxygen atoms in total. The second-order valence-electron chi connectivity index (χ2n) is 1.31. The van der Waals surface area contributed by atoms with E-state index >= 15 is 0 Å². The molecule has 0 unspecified atom stereocenters. The molecule has 0 bridgehead atoms. The first kappa shape index (κ1) is 6.57. The SMILES string of the molecule is C=C(C)NC(=C)Cl. The summed E-state index contributed by atoms with van der Waals surface area (Å²) in [5.41, 5.74) is 0.806. The Morgan fingerprint density at radius 3 is 2.00 bits per heavy atom. The summed E-state index contributed by atoms with van der Waals surface area (Å²) >= 11 is 5.31. The summed E-state index contributed by atoms with van der Waals surface area (Å²) in [6.45, 7) is 8.74. The van der Waals surface area contributed by atoms with E-state index in [0.717, 1.165) is 5.70 Å². The Bertz CT molecular complexity index is 84.3. The fourth-order valence-corrected chi connectivity index (χ4v) is 0.393. The molecule has 0 amide bonds. The van der Waals surface area contributed by atoms with Gasteiger partial charge in [0.1, 0.15) is 0 Å². The Hall–Kier alpha value is -0.430. The van der Waals surface area contributed by atoms with Crippen LogP contribution in [0.3, 0.4) is 0 Å². The van der Waals surface area contributed by atoms with Crippen LogP contribution in [0.5, 0.6) is 0 Å². The van der Waals surface area contributed by atoms with Gasteiger partial charge in [-0.25, -0.2) is 0 Å². The van der Waals surface area contributed by atoms with Gasteiger partial charge in [0.2, 0.25) is 0 Å². The molecule has 0 heterocycles. The summed E-state index contributed by atoms with van der Waals surface area (Å²) in [5, 5.41) is 3.09. The maximum absolute atomic E-state index is 5.31. The smallest absolute Gasteiger partial charge is 0.0986 e. The van der Waals surface area contributed by atoms with Gasteiger partial charge in [-0.05, 0) is 6.92 Å². The topological polar surface area (TPSA) is 12.0 Å². The van der Waals surface area contributed by atoms with Crippen molar-refractivity contribution in [2.24, 2.45) is 0 Å². The molecule has 0 spiro atoms. The molecule has 0 rings (SSSR count). The zero-order valence-corrected chi connectivity index (χ0v) is 5.05. The Kier molecular flexibility index (Phi) is 2.53. The average Bonchev–Trinajstić information content (AvgIpc) is 1.27. The minimum Gasteiger partial charge on any atom is -0.351 e. The molecule has 7 heavy (non-hydrogen) atoms. The van der Waals surface area contributed by atoms with Gasteiger partial charge in [-0.3, -0.25) is 0 Å². The van der Waals surface area contributed by atoms with Crippen LogP contribution in [-0.4, -0.2) is 0 Å². The average molecular weight is 118 g/mol. The lowest BCUT2D eigenvalue weighted by Crippen LogP contribution is -2.02. The van der Waals surface area contributed by atoms with Crippen LogP contribution in [0.2, 0.25) is 0 Å². The molecule has 0 fully saturated rings. The third kappa shape index (κ3) is 5.57. The lowest BCUT2D eigenvalue weighted by Gasteiger charge is -1.97. The largest absolute Gasteiger partial charge is 0.351 e. The molecule has 0 aliphatic heterocycles. The van der Waals surface area contributed by atoms with Crippen molar-refractivity contribution >= 4 is 11.6 Å². The quantitative estimate of drug-likeness (QED) is 0.544. The maximum Gasteiger partial charge on any atom is 0.0986 e. The van der Waals surface area contributed by atoms with Gasteiger partial charge in [0, 0.05) is 5.70 Å². The van der Waals surface area contributed by atoms with Crippen molar-refractivity contribution in [3.05, 3.63) is 24.0 Å². The second-order valence-corrected chi connectivity index (χ2v) is 1.77. The van der Waals surface area contributed by atoms with Gasteiger partial charge in [0.15, 0.2) is 0 Å². The highest BCUT2D eigenvalue weighted by atomic mass is 35.5. The van der Waals surface area contributed by atoms with Crippen molar-refractivity contribution in [3.8, 4) is 0 Å². The lowest BCUT2D eigenvalue weighted by atomic mass is 10.6. The predicted molar refractivity (Wildman–Crippen MR) is 32.9 cm³/mol. The standard InChI is InChI=1S/C5H8ClN/c1-4(2)7-5(3)6/h7H,1,3H2,2H3. The molecular formula is C5H8ClN. The van der Waals surface area contributed by atoms with Gasteiger partial charge in [-0.15, -0.1) is 0 Å². The highest BCUT2D eigenvalue weighted by Crippen LogP contribution is 1.92. The number of rotatable bonds is 2. The van der Waals surface area contributed by atoms with Crippen LogP contribution in [0, 0.1) is 0 Å². The fourth-order valence-electron chi connectivity index (χ4n) is 0.232. The Morgan fingerprint density at radius 2 is 2.00 bits per heavy atom. The van der Waals surface area contributed by atoms with Gasteiger partial charge < -0.3 is 5.32 Å². The van der Waals surface area contributed by atoms with Crippen molar-refractivity contribution < 1.29 is 0 Å². The van der Waals surface area contributed by atoms with Gasteiger partial charge >= 0.3 is 0 Å². The van der Waals surface area contributed by atoms with E-state index in [2.05, 4.69) is 18.5 Å². The summed E-state index contributed by atoms with van der Waals surface area (Å²) in [5.74, 6) is 0. The van der Waals surface area contributed by atoms with Crippen LogP contribution in [0.1, 0.15) is 6.92 Å². The van der Waals surface area contributed by atoms with E-state index in [-0.39, 0.29) is 0 Å². The maximum atomic E-state index is 5.31. The number of hydrogen-bond acceptors (Lipinski definition) is 1. The van der Waals surface area contributed by atoms with E-state index in [0.29, 0.717) is 5.16 Å². The first-order valence-corrected chi connectivity index (χ1v) is 2.27. The van der Waals surface area contributed by atoms with Gasteiger partial charge in [-0.1, -0.05) is 24.8 Å². The summed E-state index contributed by atoms with van der Waals surface area (Å²) in [6, 6.07) is 0. The highest BCUT2D eigenvalue weighted by Gasteiger charge is 1.80. The molecule has 1 N–H and O–H groups in total. The van der Waals surface area contributed by atoms with Gasteiger partial charge in [0.25, 0.3) is 0 Å². The Labute approximate surface area is 48.7 Å². The van der Waals surface area contributed by atoms with E-state index in [4.69, 9.17) is 11.6 Å². The van der Waals surface area contributed by atoms with Crippen LogP contribution >= 0.6 is 11.6 Å². The van der Waals surface area contributed by atoms with Gasteiger partial charge in [-0.2, -0.15) is 0 Å². The van der Waals surface area contributed by atoms with Crippen LogP contribution in [-0.2, 0) is 0 Å². The fraction of sp³-hybridized carbons (Fsp3) is 0.200. The van der Waals surface area contributed by atoms with Crippen LogP contribution in [0.4, 0.5) is 0 Å². The normalized spacial score (nSPS) is 7.71. The van der Waals surface area contributed by atoms with E-state index in [1.807, 2.05) is 6.92 Å². The third-order valence-corrected chi connectivity index (χ3v) is 0.444. The summed E-state index contributed by atoms with van der Waals surface area (Å²) < 4.78 is 0. The molecule has 2 heteroatoms. The van der Waals surface area contributed by atoms with E-state index < -0.39 is 0 Å². The first-order valence-electron chi connectivity index (χ1n) is 1.90. The van der Waals surface area contributed by atoms with Crippen molar-refractivity contribution in [1.29, 1.82) is 0 Å². The number of halogens is 1. The molecule has 0 radical (unpaired) electrons. The minimum absolute atomic E-state index is 0.410. The number of allylic oxidation sites excluding steroid dienone is 1. The summed E-state index contributed by atoms with van der Waals surface area (Å²) in [7, 11) is 0. The van der Waals surface area contributed by atoms with Crippen LogP contribution in [0.15, 0.2) is 24.0 Å². The zero-order chi connectivity index (χ0) is 5.86. The Balaban J connectivity index is 3.32. The minimum atomic E-state index is 0.410. The third-order valence-electron chi connectivity index (χ3n) is 0.349. The monoisotopic (exact) mass is 117 g/mol. The van der Waals surface area contributed by atoms with E-state index in [1.165, 1.54) is 0 Å². The molecule has 0 aromatic rings. The first-order chi connectivity index (χ1) is 3.13. The number of hydrogen-bond donors (Lipinski definition) is 1. The molecule has 0 aromatic carbocycles. The van der Waals surface area contributed by atoms with E-state index in [9.17, 15) is 0 Å². The molecule has 0 aliphatic carbocycles. The van der Waals surface area contributed by atoms with Gasteiger partial charge in [0.05, 0.1) is 5.16 Å². The van der Waals surface area contributed by atoms with Crippen molar-refractivity contribution in [1.82, 2.24) is 5.32 Å². The van der Waals surface area contributed by atoms with Crippen LogP contribution in [0.25, 0.3) is 0 Å². The molecule has 40 valence electrons. The van der Waals surface area contributed by atoms with Crippen molar-refractivity contribution in [2.45, 2.75) is 6.92 Å². The molecule has 0 atom stereocenters. The van der Waals surface area contributed by atoms with E-state index in [1.54, 1.807) is 0 Å². The molecule has 0 saturated heterocycles. The predicted octanol–water partition coefficient (Wildman–Crippen LogP) is 1.82. The molecular weight excluding hydrogens is 110 g/mol. The van der Waals surface area contributed by atoms with Crippen LogP contribution < -0.4 is 5.32 Å². The molecule has 0 aromatic heterocycles. The lowest BCUT2D eigenvalue weighted by molar-refractivity contribution is 1.05. The summed E-state index contributed by atoms with van der Waals surface area (Å²) in [6.07, 6.45) is 0. The Morgan fingerprint density at radius 1 is 1.57 bits per heavy atom. The molecule has 0 saturated carbocycles. The second kappa shape index (κ2) is 2.69.